The zero-order chi connectivity index (χ0) is 42.3. The van der Waals surface area contributed by atoms with Gasteiger partial charge in [0.25, 0.3) is 0 Å². The number of allylic oxidation sites excluding steroid dienone is 7. The van der Waals surface area contributed by atoms with Gasteiger partial charge in [0, 0.05) is 6.42 Å². The van der Waals surface area contributed by atoms with Gasteiger partial charge in [0.2, 0.25) is 5.91 Å². The van der Waals surface area contributed by atoms with E-state index >= 15 is 0 Å². The molecule has 0 saturated carbocycles. The Kier molecular flexibility index (Phi) is 36.7. The molecule has 7 unspecified atom stereocenters. The zero-order valence-electron chi connectivity index (χ0n) is 37.0. The molecule has 338 valence electrons. The third-order valence-electron chi connectivity index (χ3n) is 11.1. The van der Waals surface area contributed by atoms with Gasteiger partial charge in [-0.2, -0.15) is 0 Å². The van der Waals surface area contributed by atoms with E-state index in [-0.39, 0.29) is 12.5 Å². The number of nitrogens with one attached hydrogen (secondary N) is 1. The first-order valence-electron chi connectivity index (χ1n) is 23.9. The van der Waals surface area contributed by atoms with E-state index in [0.717, 1.165) is 51.4 Å². The van der Waals surface area contributed by atoms with Crippen LogP contribution in [0.5, 0.6) is 0 Å². The van der Waals surface area contributed by atoms with Crippen LogP contribution < -0.4 is 5.32 Å². The fourth-order valence-corrected chi connectivity index (χ4v) is 7.31. The minimum absolute atomic E-state index is 0.194. The summed E-state index contributed by atoms with van der Waals surface area (Å²) in [5.74, 6) is -0.194. The molecule has 58 heavy (non-hydrogen) atoms. The van der Waals surface area contributed by atoms with E-state index in [1.807, 2.05) is 6.08 Å². The van der Waals surface area contributed by atoms with Crippen LogP contribution >= 0.6 is 0 Å². The Labute approximate surface area is 354 Å². The molecule has 1 saturated heterocycles. The lowest BCUT2D eigenvalue weighted by Gasteiger charge is -2.40. The molecule has 1 aliphatic heterocycles. The average Bonchev–Trinajstić information content (AvgIpc) is 3.22. The highest BCUT2D eigenvalue weighted by Gasteiger charge is 2.44. The van der Waals surface area contributed by atoms with Crippen molar-refractivity contribution < 1.29 is 39.8 Å². The summed E-state index contributed by atoms with van der Waals surface area (Å²) in [6.07, 6.45) is 43.3. The van der Waals surface area contributed by atoms with Crippen LogP contribution in [0.2, 0.25) is 0 Å². The van der Waals surface area contributed by atoms with Gasteiger partial charge < -0.3 is 40.3 Å². The van der Waals surface area contributed by atoms with Crippen molar-refractivity contribution in [1.82, 2.24) is 5.32 Å². The second-order valence-corrected chi connectivity index (χ2v) is 16.5. The molecule has 0 radical (unpaired) electrons. The molecule has 0 spiro atoms. The second-order valence-electron chi connectivity index (χ2n) is 16.5. The molecule has 0 bridgehead atoms. The Balaban J connectivity index is 2.22. The minimum Gasteiger partial charge on any atom is -0.394 e. The van der Waals surface area contributed by atoms with Crippen molar-refractivity contribution >= 4 is 5.91 Å². The van der Waals surface area contributed by atoms with Crippen LogP contribution in [0, 0.1) is 0 Å². The lowest BCUT2D eigenvalue weighted by Crippen LogP contribution is -2.60. The summed E-state index contributed by atoms with van der Waals surface area (Å²) in [4.78, 5) is 12.9. The smallest absolute Gasteiger partial charge is 0.220 e. The highest BCUT2D eigenvalue weighted by Crippen LogP contribution is 2.22. The van der Waals surface area contributed by atoms with Crippen molar-refractivity contribution in [3.8, 4) is 0 Å². The van der Waals surface area contributed by atoms with Crippen molar-refractivity contribution in [1.29, 1.82) is 0 Å². The number of aliphatic hydroxyl groups excluding tert-OH is 5. The molecule has 9 heteroatoms. The van der Waals surface area contributed by atoms with E-state index < -0.39 is 49.5 Å². The molecule has 9 nitrogen and oxygen atoms in total. The average molecular weight is 820 g/mol. The fraction of sp³-hybridized carbons (Fsp3) is 0.816. The summed E-state index contributed by atoms with van der Waals surface area (Å²) >= 11 is 0. The fourth-order valence-electron chi connectivity index (χ4n) is 7.31. The number of unbranched alkanes of at least 4 members (excludes halogenated alkanes) is 23. The number of carbonyl (C=O) groups is 1. The number of aliphatic hydroxyl groups is 5. The van der Waals surface area contributed by atoms with Gasteiger partial charge in [-0.15, -0.1) is 0 Å². The topological polar surface area (TPSA) is 149 Å². The number of hydrogen-bond acceptors (Lipinski definition) is 8. The first-order chi connectivity index (χ1) is 28.3. The molecule has 7 atom stereocenters. The van der Waals surface area contributed by atoms with Crippen LogP contribution in [0.15, 0.2) is 48.6 Å². The maximum atomic E-state index is 12.9. The molecule has 0 aromatic carbocycles. The standard InChI is InChI=1S/C49H89NO8/c1-3-5-7-9-11-13-15-16-17-18-19-20-21-22-23-24-25-26-27-28-29-31-33-35-37-39-45(53)50-42(41-57-49-48(56)47(55)46(54)44(40-51)58-49)43(52)38-36-34-32-30-14-12-10-8-6-4-2/h6,8,14,18-19,30,36,38,42-44,46-49,51-52,54-56H,3-5,7,9-13,15-17,20-29,31-35,37,39-41H2,1-2H3,(H,50,53)/b8-6+,19-18-,30-14+,38-36+. The van der Waals surface area contributed by atoms with Crippen LogP contribution in [0.1, 0.15) is 200 Å². The summed E-state index contributed by atoms with van der Waals surface area (Å²) in [5, 5.41) is 54.0. The van der Waals surface area contributed by atoms with Crippen molar-refractivity contribution in [2.75, 3.05) is 13.2 Å². The first-order valence-corrected chi connectivity index (χ1v) is 23.9. The molecule has 1 amide bonds. The van der Waals surface area contributed by atoms with Gasteiger partial charge in [-0.05, 0) is 64.2 Å². The summed E-state index contributed by atoms with van der Waals surface area (Å²) in [7, 11) is 0. The third kappa shape index (κ3) is 29.4. The molecule has 1 heterocycles. The van der Waals surface area contributed by atoms with E-state index in [0.29, 0.717) is 6.42 Å². The van der Waals surface area contributed by atoms with Crippen LogP contribution in [0.4, 0.5) is 0 Å². The van der Waals surface area contributed by atoms with Gasteiger partial charge in [-0.3, -0.25) is 4.79 Å². The van der Waals surface area contributed by atoms with Gasteiger partial charge in [0.1, 0.15) is 24.4 Å². The molecule has 0 aliphatic carbocycles. The van der Waals surface area contributed by atoms with Crippen LogP contribution in [-0.2, 0) is 14.3 Å². The van der Waals surface area contributed by atoms with Crippen molar-refractivity contribution in [2.45, 2.75) is 243 Å². The number of hydrogen-bond donors (Lipinski definition) is 6. The Hall–Kier alpha value is -1.85. The van der Waals surface area contributed by atoms with Gasteiger partial charge in [-0.1, -0.05) is 178 Å². The highest BCUT2D eigenvalue weighted by atomic mass is 16.7. The Bertz CT molecular complexity index is 1050. The van der Waals surface area contributed by atoms with E-state index in [4.69, 9.17) is 9.47 Å². The van der Waals surface area contributed by atoms with Crippen LogP contribution in [0.3, 0.4) is 0 Å². The van der Waals surface area contributed by atoms with Gasteiger partial charge in [0.15, 0.2) is 6.29 Å². The third-order valence-corrected chi connectivity index (χ3v) is 11.1. The zero-order valence-corrected chi connectivity index (χ0v) is 37.0. The lowest BCUT2D eigenvalue weighted by molar-refractivity contribution is -0.302. The Morgan fingerprint density at radius 3 is 1.53 bits per heavy atom. The molecular weight excluding hydrogens is 731 g/mol. The van der Waals surface area contributed by atoms with E-state index in [1.165, 1.54) is 128 Å². The quantitative estimate of drug-likeness (QED) is 0.0265. The molecule has 1 fully saturated rings. The largest absolute Gasteiger partial charge is 0.394 e. The summed E-state index contributed by atoms with van der Waals surface area (Å²) < 4.78 is 11.2. The number of ether oxygens (including phenoxy) is 2. The van der Waals surface area contributed by atoms with Gasteiger partial charge >= 0.3 is 0 Å². The molecule has 0 aromatic rings. The summed E-state index contributed by atoms with van der Waals surface area (Å²) in [6.45, 7) is 3.62. The van der Waals surface area contributed by atoms with E-state index in [2.05, 4.69) is 55.6 Å². The first kappa shape index (κ1) is 54.2. The molecule has 1 rings (SSSR count). The molecule has 6 N–H and O–H groups in total. The lowest BCUT2D eigenvalue weighted by atomic mass is 9.99. The maximum Gasteiger partial charge on any atom is 0.220 e. The monoisotopic (exact) mass is 820 g/mol. The van der Waals surface area contributed by atoms with Crippen molar-refractivity contribution in [3.05, 3.63) is 48.6 Å². The Morgan fingerprint density at radius 2 is 1.03 bits per heavy atom. The number of amides is 1. The second kappa shape index (κ2) is 39.3. The minimum atomic E-state index is -1.57. The highest BCUT2D eigenvalue weighted by molar-refractivity contribution is 5.76. The van der Waals surface area contributed by atoms with Crippen LogP contribution in [0.25, 0.3) is 0 Å². The predicted octanol–water partition coefficient (Wildman–Crippen LogP) is 10.2. The van der Waals surface area contributed by atoms with Crippen molar-refractivity contribution in [3.63, 3.8) is 0 Å². The number of carbonyl (C=O) groups excluding carboxylic acids is 1. The Morgan fingerprint density at radius 1 is 0.586 bits per heavy atom. The number of rotatable bonds is 39. The molecular formula is C49H89NO8. The van der Waals surface area contributed by atoms with E-state index in [9.17, 15) is 30.3 Å². The SMILES string of the molecule is CC/C=C/CC/C=C/CC/C=C/C(O)C(COC1OC(CO)C(O)C(O)C1O)NC(=O)CCCCCCCCCCCCCCC/C=C\CCCCCCCCCC. The predicted molar refractivity (Wildman–Crippen MR) is 239 cm³/mol. The molecule has 1 aliphatic rings. The van der Waals surface area contributed by atoms with Gasteiger partial charge in [-0.25, -0.2) is 0 Å². The van der Waals surface area contributed by atoms with E-state index in [1.54, 1.807) is 6.08 Å². The van der Waals surface area contributed by atoms with Crippen LogP contribution in [-0.4, -0.2) is 87.5 Å². The normalized spacial score (nSPS) is 21.3. The van der Waals surface area contributed by atoms with Crippen molar-refractivity contribution in [2.24, 2.45) is 0 Å². The van der Waals surface area contributed by atoms with Gasteiger partial charge in [0.05, 0.1) is 25.4 Å². The summed E-state index contributed by atoms with van der Waals surface area (Å²) in [5.41, 5.74) is 0. The maximum absolute atomic E-state index is 12.9. The summed E-state index contributed by atoms with van der Waals surface area (Å²) in [6, 6.07) is -0.826. The molecule has 0 aromatic heterocycles.